The van der Waals surface area contributed by atoms with Gasteiger partial charge in [0.05, 0.1) is 31.5 Å². The first-order valence-corrected chi connectivity index (χ1v) is 12.1. The molecular weight excluding hydrogens is 426 g/mol. The first-order chi connectivity index (χ1) is 16.3. The van der Waals surface area contributed by atoms with Gasteiger partial charge in [-0.25, -0.2) is 4.79 Å². The summed E-state index contributed by atoms with van der Waals surface area (Å²) < 4.78 is 11.0. The summed E-state index contributed by atoms with van der Waals surface area (Å²) in [4.78, 5) is 11.9. The van der Waals surface area contributed by atoms with Crippen molar-refractivity contribution in [1.29, 1.82) is 0 Å². The van der Waals surface area contributed by atoms with Crippen LogP contribution in [0, 0.1) is 5.92 Å². The Hall–Kier alpha value is -2.73. The monoisotopic (exact) mass is 461 g/mol. The number of benzene rings is 3. The van der Waals surface area contributed by atoms with Crippen LogP contribution in [0.3, 0.4) is 0 Å². The van der Waals surface area contributed by atoms with Gasteiger partial charge in [0.25, 0.3) is 0 Å². The van der Waals surface area contributed by atoms with Crippen molar-refractivity contribution in [2.24, 2.45) is 5.92 Å². The second-order valence-corrected chi connectivity index (χ2v) is 9.99. The summed E-state index contributed by atoms with van der Waals surface area (Å²) in [6, 6.07) is 22.4. The fourth-order valence-corrected chi connectivity index (χ4v) is 4.45. The molecule has 3 aromatic rings. The van der Waals surface area contributed by atoms with Crippen molar-refractivity contribution in [3.05, 3.63) is 83.4 Å². The molecule has 0 bridgehead atoms. The highest BCUT2D eigenvalue weighted by Crippen LogP contribution is 2.43. The number of β-amino-alcohol motifs (C(OH)–C–C–N with tert-alkyl or cyclic N) is 1. The molecule has 0 aromatic heterocycles. The lowest BCUT2D eigenvalue weighted by Crippen LogP contribution is -2.46. The summed E-state index contributed by atoms with van der Waals surface area (Å²) in [5.41, 5.74) is 2.57. The molecular formula is C29H35NO4. The Morgan fingerprint density at radius 1 is 1.06 bits per heavy atom. The lowest BCUT2D eigenvalue weighted by molar-refractivity contribution is -0.0211. The fourth-order valence-electron chi connectivity index (χ4n) is 4.45. The van der Waals surface area contributed by atoms with E-state index in [4.69, 9.17) is 9.47 Å². The van der Waals surface area contributed by atoms with Crippen molar-refractivity contribution in [2.75, 3.05) is 20.3 Å². The third kappa shape index (κ3) is 6.44. The Morgan fingerprint density at radius 2 is 1.82 bits per heavy atom. The van der Waals surface area contributed by atoms with Crippen LogP contribution in [0.1, 0.15) is 54.3 Å². The van der Waals surface area contributed by atoms with Crippen molar-refractivity contribution >= 4 is 16.7 Å². The van der Waals surface area contributed by atoms with Crippen LogP contribution in [-0.2, 0) is 15.9 Å². The predicted molar refractivity (Wildman–Crippen MR) is 135 cm³/mol. The Labute approximate surface area is 202 Å². The van der Waals surface area contributed by atoms with E-state index in [0.29, 0.717) is 18.0 Å². The summed E-state index contributed by atoms with van der Waals surface area (Å²) in [6.07, 6.45) is 2.31. The first kappa shape index (κ1) is 24.4. The van der Waals surface area contributed by atoms with Crippen molar-refractivity contribution in [3.63, 3.8) is 0 Å². The number of carbonyl (C=O) groups excluding carboxylic acids is 1. The number of nitrogens with one attached hydrogen (secondary N) is 1. The van der Waals surface area contributed by atoms with Crippen LogP contribution < -0.4 is 5.32 Å². The second kappa shape index (κ2) is 10.7. The SMILES string of the molecule is COC(=O)c1cccc(C(OC[C@H](O)CNC(C)(C)Cc2ccc3ccccc3c2)C2CC2)c1. The number of ether oxygens (including phenoxy) is 2. The van der Waals surface area contributed by atoms with E-state index in [1.807, 2.05) is 18.2 Å². The second-order valence-electron chi connectivity index (χ2n) is 9.99. The number of methoxy groups -OCH3 is 1. The van der Waals surface area contributed by atoms with Gasteiger partial charge in [-0.05, 0) is 73.1 Å². The molecule has 1 aliphatic rings. The van der Waals surface area contributed by atoms with E-state index in [-0.39, 0.29) is 24.2 Å². The fraction of sp³-hybridized carbons (Fsp3) is 0.414. The summed E-state index contributed by atoms with van der Waals surface area (Å²) in [5.74, 6) is 0.0756. The van der Waals surface area contributed by atoms with E-state index in [1.165, 1.54) is 23.4 Å². The highest BCUT2D eigenvalue weighted by Gasteiger charge is 2.34. The molecule has 180 valence electrons. The molecule has 1 unspecified atom stereocenters. The zero-order valence-corrected chi connectivity index (χ0v) is 20.3. The molecule has 2 atom stereocenters. The zero-order valence-electron chi connectivity index (χ0n) is 20.3. The average Bonchev–Trinajstić information content (AvgIpc) is 3.67. The predicted octanol–water partition coefficient (Wildman–Crippen LogP) is 5.07. The van der Waals surface area contributed by atoms with Gasteiger partial charge in [0, 0.05) is 12.1 Å². The largest absolute Gasteiger partial charge is 0.465 e. The average molecular weight is 462 g/mol. The molecule has 0 aliphatic heterocycles. The minimum absolute atomic E-state index is 0.120. The molecule has 3 aromatic carbocycles. The molecule has 5 heteroatoms. The number of aliphatic hydroxyl groups excluding tert-OH is 1. The van der Waals surface area contributed by atoms with Gasteiger partial charge in [-0.1, -0.05) is 54.6 Å². The topological polar surface area (TPSA) is 67.8 Å². The molecule has 5 nitrogen and oxygen atoms in total. The Morgan fingerprint density at radius 3 is 2.56 bits per heavy atom. The van der Waals surface area contributed by atoms with Gasteiger partial charge >= 0.3 is 5.97 Å². The normalized spacial score (nSPS) is 15.8. The number of carbonyl (C=O) groups is 1. The maximum absolute atomic E-state index is 11.9. The molecule has 0 radical (unpaired) electrons. The molecule has 0 saturated heterocycles. The standard InChI is InChI=1S/C29H35NO4/c1-29(2,17-20-11-12-21-7-4-5-8-23(21)15-20)30-18-26(31)19-34-27(22-13-14-22)24-9-6-10-25(16-24)28(32)33-3/h4-12,15-16,22,26-27,30-31H,13-14,17-19H2,1-3H3/t26-,27?/m1/s1. The number of hydrogen-bond donors (Lipinski definition) is 2. The van der Waals surface area contributed by atoms with Crippen LogP contribution in [0.15, 0.2) is 66.7 Å². The van der Waals surface area contributed by atoms with Crippen molar-refractivity contribution in [2.45, 2.75) is 50.9 Å². The Kier molecular flexibility index (Phi) is 7.67. The van der Waals surface area contributed by atoms with Gasteiger partial charge in [0.2, 0.25) is 0 Å². The van der Waals surface area contributed by atoms with Gasteiger partial charge in [-0.15, -0.1) is 0 Å². The zero-order chi connectivity index (χ0) is 24.1. The molecule has 1 fully saturated rings. The van der Waals surface area contributed by atoms with Crippen LogP contribution in [0.5, 0.6) is 0 Å². The third-order valence-electron chi connectivity index (χ3n) is 6.43. The van der Waals surface area contributed by atoms with E-state index in [1.54, 1.807) is 6.07 Å². The third-order valence-corrected chi connectivity index (χ3v) is 6.43. The molecule has 4 rings (SSSR count). The minimum atomic E-state index is -0.624. The maximum atomic E-state index is 11.9. The van der Waals surface area contributed by atoms with Crippen molar-refractivity contribution < 1.29 is 19.4 Å². The van der Waals surface area contributed by atoms with Gasteiger partial charge < -0.3 is 19.9 Å². The first-order valence-electron chi connectivity index (χ1n) is 12.1. The molecule has 34 heavy (non-hydrogen) atoms. The molecule has 0 amide bonds. The van der Waals surface area contributed by atoms with E-state index in [9.17, 15) is 9.90 Å². The van der Waals surface area contributed by atoms with E-state index >= 15 is 0 Å². The summed E-state index contributed by atoms with van der Waals surface area (Å²) in [5, 5.41) is 16.6. The molecule has 1 aliphatic carbocycles. The highest BCUT2D eigenvalue weighted by molar-refractivity contribution is 5.89. The molecule has 1 saturated carbocycles. The van der Waals surface area contributed by atoms with Gasteiger partial charge in [-0.2, -0.15) is 0 Å². The summed E-state index contributed by atoms with van der Waals surface area (Å²) >= 11 is 0. The summed E-state index contributed by atoms with van der Waals surface area (Å²) in [7, 11) is 1.38. The summed E-state index contributed by atoms with van der Waals surface area (Å²) in [6.45, 7) is 4.99. The van der Waals surface area contributed by atoms with Crippen LogP contribution in [0.25, 0.3) is 10.8 Å². The van der Waals surface area contributed by atoms with E-state index in [2.05, 4.69) is 61.6 Å². The van der Waals surface area contributed by atoms with Crippen LogP contribution in [0.4, 0.5) is 0 Å². The lowest BCUT2D eigenvalue weighted by Gasteiger charge is -2.29. The minimum Gasteiger partial charge on any atom is -0.465 e. The number of rotatable bonds is 11. The van der Waals surface area contributed by atoms with Crippen molar-refractivity contribution in [3.8, 4) is 0 Å². The molecule has 2 N–H and O–H groups in total. The number of aliphatic hydroxyl groups is 1. The molecule has 0 spiro atoms. The molecule has 0 heterocycles. The van der Waals surface area contributed by atoms with Crippen LogP contribution >= 0.6 is 0 Å². The number of fused-ring (bicyclic) bond motifs is 1. The lowest BCUT2D eigenvalue weighted by atomic mass is 9.93. The quantitative estimate of drug-likeness (QED) is 0.391. The van der Waals surface area contributed by atoms with Crippen molar-refractivity contribution in [1.82, 2.24) is 5.32 Å². The van der Waals surface area contributed by atoms with Gasteiger partial charge in [0.15, 0.2) is 0 Å². The number of esters is 1. The van der Waals surface area contributed by atoms with Crippen LogP contribution in [0.2, 0.25) is 0 Å². The number of hydrogen-bond acceptors (Lipinski definition) is 5. The Bertz CT molecular complexity index is 1120. The Balaban J connectivity index is 1.30. The van der Waals surface area contributed by atoms with Crippen LogP contribution in [-0.4, -0.2) is 43.0 Å². The van der Waals surface area contributed by atoms with E-state index in [0.717, 1.165) is 24.8 Å². The van der Waals surface area contributed by atoms with Gasteiger partial charge in [-0.3, -0.25) is 0 Å². The van der Waals surface area contributed by atoms with E-state index < -0.39 is 6.10 Å². The highest BCUT2D eigenvalue weighted by atomic mass is 16.5. The smallest absolute Gasteiger partial charge is 0.337 e. The maximum Gasteiger partial charge on any atom is 0.337 e. The van der Waals surface area contributed by atoms with Gasteiger partial charge in [0.1, 0.15) is 0 Å².